The Hall–Kier alpha value is -1.73. The molecule has 1 fully saturated rings. The van der Waals surface area contributed by atoms with E-state index in [-0.39, 0.29) is 0 Å². The number of morpholine rings is 1. The Morgan fingerprint density at radius 2 is 1.89 bits per heavy atom. The first-order valence-corrected chi connectivity index (χ1v) is 11.7. The smallest absolute Gasteiger partial charge is 0.190 e. The highest BCUT2D eigenvalue weighted by atomic mass is 32.1. The number of hydrogen-bond acceptors (Lipinski definition) is 4. The van der Waals surface area contributed by atoms with Gasteiger partial charge >= 0.3 is 0 Å². The van der Waals surface area contributed by atoms with Crippen LogP contribution in [0.25, 0.3) is 10.6 Å². The Morgan fingerprint density at radius 1 is 1.11 bits per heavy atom. The Kier molecular flexibility index (Phi) is 6.42. The molecule has 1 aliphatic rings. The van der Waals surface area contributed by atoms with Crippen LogP contribution in [0.1, 0.15) is 17.5 Å². The molecule has 3 aromatic rings. The molecule has 1 saturated heterocycles. The summed E-state index contributed by atoms with van der Waals surface area (Å²) in [6, 6.07) is 10.9. The monoisotopic (exact) mass is 414 g/mol. The molecular formula is C22H28N3OS2+. The van der Waals surface area contributed by atoms with Crippen LogP contribution in [0.15, 0.2) is 46.1 Å². The van der Waals surface area contributed by atoms with Gasteiger partial charge in [-0.2, -0.15) is 0 Å². The van der Waals surface area contributed by atoms with E-state index in [9.17, 15) is 0 Å². The number of benzene rings is 1. The van der Waals surface area contributed by atoms with E-state index in [1.165, 1.54) is 28.2 Å². The van der Waals surface area contributed by atoms with Gasteiger partial charge < -0.3 is 14.2 Å². The van der Waals surface area contributed by atoms with E-state index >= 15 is 0 Å². The number of aryl methyl sites for hydroxylation is 2. The van der Waals surface area contributed by atoms with Crippen molar-refractivity contribution in [3.05, 3.63) is 57.0 Å². The van der Waals surface area contributed by atoms with Crippen LogP contribution in [0.3, 0.4) is 0 Å². The predicted octanol–water partition coefficient (Wildman–Crippen LogP) is 3.43. The largest absolute Gasteiger partial charge is 0.370 e. The van der Waals surface area contributed by atoms with Crippen LogP contribution in [-0.2, 0) is 11.3 Å². The normalized spacial score (nSPS) is 16.0. The SMILES string of the molecule is Cc1cc(C)cc(N=c2scc(-c3cccs3)n2CCC[NH+]2CCOCC2)c1. The van der Waals surface area contributed by atoms with Crippen LogP contribution in [0, 0.1) is 13.8 Å². The maximum Gasteiger partial charge on any atom is 0.190 e. The summed E-state index contributed by atoms with van der Waals surface area (Å²) in [7, 11) is 0. The molecule has 0 saturated carbocycles. The van der Waals surface area contributed by atoms with Crippen LogP contribution < -0.4 is 9.70 Å². The molecule has 28 heavy (non-hydrogen) atoms. The number of nitrogens with zero attached hydrogens (tertiary/aromatic N) is 2. The average molecular weight is 415 g/mol. The lowest BCUT2D eigenvalue weighted by Gasteiger charge is -2.23. The first-order chi connectivity index (χ1) is 13.7. The number of rotatable bonds is 6. The molecule has 1 aliphatic heterocycles. The second kappa shape index (κ2) is 9.18. The highest BCUT2D eigenvalue weighted by molar-refractivity contribution is 7.14. The standard InChI is InChI=1S/C22H27N3OS2/c1-17-13-18(2)15-19(14-17)23-22-25(7-4-6-24-8-10-26-11-9-24)20(16-28-22)21-5-3-12-27-21/h3,5,12-16H,4,6-11H2,1-2H3/p+1. The molecule has 3 heterocycles. The van der Waals surface area contributed by atoms with Gasteiger partial charge in [0.15, 0.2) is 4.80 Å². The molecule has 1 aromatic carbocycles. The topological polar surface area (TPSA) is 31.0 Å². The Bertz CT molecular complexity index is 946. The Labute approximate surface area is 174 Å². The predicted molar refractivity (Wildman–Crippen MR) is 118 cm³/mol. The van der Waals surface area contributed by atoms with Gasteiger partial charge in [-0.25, -0.2) is 4.99 Å². The van der Waals surface area contributed by atoms with Crippen LogP contribution in [-0.4, -0.2) is 37.4 Å². The fourth-order valence-electron chi connectivity index (χ4n) is 3.78. The van der Waals surface area contributed by atoms with Gasteiger partial charge in [0.25, 0.3) is 0 Å². The third-order valence-electron chi connectivity index (χ3n) is 5.11. The third-order valence-corrected chi connectivity index (χ3v) is 6.87. The zero-order chi connectivity index (χ0) is 19.3. The third kappa shape index (κ3) is 4.81. The van der Waals surface area contributed by atoms with Gasteiger partial charge in [-0.1, -0.05) is 12.1 Å². The summed E-state index contributed by atoms with van der Waals surface area (Å²) in [5, 5.41) is 4.41. The van der Waals surface area contributed by atoms with Crippen LogP contribution in [0.5, 0.6) is 0 Å². The fraction of sp³-hybridized carbons (Fsp3) is 0.409. The van der Waals surface area contributed by atoms with Crippen molar-refractivity contribution in [3.8, 4) is 10.6 Å². The first kappa shape index (κ1) is 19.6. The lowest BCUT2D eigenvalue weighted by molar-refractivity contribution is -0.908. The lowest BCUT2D eigenvalue weighted by Crippen LogP contribution is -3.14. The molecule has 0 bridgehead atoms. The van der Waals surface area contributed by atoms with Gasteiger partial charge in [-0.3, -0.25) is 0 Å². The zero-order valence-electron chi connectivity index (χ0n) is 16.6. The maximum absolute atomic E-state index is 5.49. The Morgan fingerprint density at radius 3 is 2.61 bits per heavy atom. The lowest BCUT2D eigenvalue weighted by atomic mass is 10.1. The van der Waals surface area contributed by atoms with Gasteiger partial charge in [-0.15, -0.1) is 22.7 Å². The molecule has 6 heteroatoms. The van der Waals surface area contributed by atoms with Crippen molar-refractivity contribution in [2.45, 2.75) is 26.8 Å². The summed E-state index contributed by atoms with van der Waals surface area (Å²) >= 11 is 3.54. The highest BCUT2D eigenvalue weighted by Crippen LogP contribution is 2.26. The number of nitrogens with one attached hydrogen (secondary N) is 1. The van der Waals surface area contributed by atoms with Crippen molar-refractivity contribution in [2.75, 3.05) is 32.8 Å². The highest BCUT2D eigenvalue weighted by Gasteiger charge is 2.14. The minimum Gasteiger partial charge on any atom is -0.370 e. The van der Waals surface area contributed by atoms with E-state index < -0.39 is 0 Å². The average Bonchev–Trinajstić information content (AvgIpc) is 3.32. The molecule has 4 rings (SSSR count). The van der Waals surface area contributed by atoms with Gasteiger partial charge in [0.2, 0.25) is 0 Å². The van der Waals surface area contributed by atoms with Crippen LogP contribution in [0.2, 0.25) is 0 Å². The van der Waals surface area contributed by atoms with Crippen molar-refractivity contribution in [1.82, 2.24) is 4.57 Å². The number of quaternary nitrogens is 1. The van der Waals surface area contributed by atoms with Crippen molar-refractivity contribution < 1.29 is 9.64 Å². The molecule has 0 spiro atoms. The van der Waals surface area contributed by atoms with Crippen LogP contribution >= 0.6 is 22.7 Å². The van der Waals surface area contributed by atoms with Crippen LogP contribution in [0.4, 0.5) is 5.69 Å². The molecule has 0 aliphatic carbocycles. The molecule has 0 radical (unpaired) electrons. The number of thiophene rings is 1. The van der Waals surface area contributed by atoms with Gasteiger partial charge in [0, 0.05) is 18.3 Å². The molecule has 4 nitrogen and oxygen atoms in total. The molecule has 2 aromatic heterocycles. The molecule has 148 valence electrons. The second-order valence-electron chi connectivity index (χ2n) is 7.46. The van der Waals surface area contributed by atoms with Gasteiger partial charge in [0.05, 0.1) is 36.0 Å². The number of thiazole rings is 1. The van der Waals surface area contributed by atoms with E-state index in [1.807, 2.05) is 0 Å². The summed E-state index contributed by atoms with van der Waals surface area (Å²) in [5.41, 5.74) is 4.86. The number of ether oxygens (including phenoxy) is 1. The first-order valence-electron chi connectivity index (χ1n) is 9.95. The van der Waals surface area contributed by atoms with Gasteiger partial charge in [0.1, 0.15) is 13.1 Å². The van der Waals surface area contributed by atoms with Crippen molar-refractivity contribution in [1.29, 1.82) is 0 Å². The number of hydrogen-bond donors (Lipinski definition) is 1. The molecule has 0 amide bonds. The molecule has 0 unspecified atom stereocenters. The summed E-state index contributed by atoms with van der Waals surface area (Å²) < 4.78 is 7.90. The van der Waals surface area contributed by atoms with Gasteiger partial charge in [-0.05, 0) is 48.6 Å². The molecule has 1 N–H and O–H groups in total. The summed E-state index contributed by atoms with van der Waals surface area (Å²) in [5.74, 6) is 0. The molecular weight excluding hydrogens is 386 g/mol. The van der Waals surface area contributed by atoms with E-state index in [0.29, 0.717) is 0 Å². The molecule has 0 atom stereocenters. The minimum atomic E-state index is 0.897. The Balaban J connectivity index is 1.61. The summed E-state index contributed by atoms with van der Waals surface area (Å²) in [6.45, 7) is 10.5. The quantitative estimate of drug-likeness (QED) is 0.658. The zero-order valence-corrected chi connectivity index (χ0v) is 18.2. The fourth-order valence-corrected chi connectivity index (χ4v) is 5.55. The second-order valence-corrected chi connectivity index (χ2v) is 9.24. The van der Waals surface area contributed by atoms with Crippen molar-refractivity contribution in [2.24, 2.45) is 4.99 Å². The number of aromatic nitrogens is 1. The van der Waals surface area contributed by atoms with E-state index in [1.54, 1.807) is 27.6 Å². The minimum absolute atomic E-state index is 0.897. The maximum atomic E-state index is 5.49. The van der Waals surface area contributed by atoms with E-state index in [2.05, 4.69) is 59.5 Å². The van der Waals surface area contributed by atoms with E-state index in [0.717, 1.165) is 49.8 Å². The summed E-state index contributed by atoms with van der Waals surface area (Å²) in [6.07, 6.45) is 1.16. The van der Waals surface area contributed by atoms with Crippen molar-refractivity contribution in [3.63, 3.8) is 0 Å². The van der Waals surface area contributed by atoms with Crippen molar-refractivity contribution >= 4 is 28.4 Å². The summed E-state index contributed by atoms with van der Waals surface area (Å²) in [4.78, 5) is 9.08. The van der Waals surface area contributed by atoms with E-state index in [4.69, 9.17) is 9.73 Å².